The molecule has 0 aliphatic heterocycles. The lowest BCUT2D eigenvalue weighted by molar-refractivity contribution is -0.136. The molecule has 0 heterocycles. The van der Waals surface area contributed by atoms with Gasteiger partial charge < -0.3 is 14.9 Å². The van der Waals surface area contributed by atoms with Gasteiger partial charge in [-0.05, 0) is 30.2 Å². The first kappa shape index (κ1) is 12.0. The Balaban J connectivity index is 3.00. The second-order valence-electron chi connectivity index (χ2n) is 3.22. The van der Waals surface area contributed by atoms with E-state index < -0.39 is 11.9 Å². The van der Waals surface area contributed by atoms with Gasteiger partial charge in [0.25, 0.3) is 0 Å². The van der Waals surface area contributed by atoms with E-state index in [1.165, 1.54) is 19.2 Å². The Bertz CT molecular complexity index is 411. The molecule has 1 aromatic rings. The van der Waals surface area contributed by atoms with Crippen LogP contribution in [0.15, 0.2) is 18.2 Å². The van der Waals surface area contributed by atoms with Crippen molar-refractivity contribution in [2.45, 2.75) is 12.8 Å². The van der Waals surface area contributed by atoms with Gasteiger partial charge in [0, 0.05) is 6.42 Å². The number of aliphatic carboxylic acids is 1. The maximum atomic E-state index is 10.9. The number of aryl methyl sites for hydroxylation is 1. The third-order valence-corrected chi connectivity index (χ3v) is 2.15. The highest BCUT2D eigenvalue weighted by molar-refractivity contribution is 5.89. The molecule has 0 fully saturated rings. The fraction of sp³-hybridized carbons (Fsp3) is 0.273. The lowest BCUT2D eigenvalue weighted by atomic mass is 10.0. The molecule has 86 valence electrons. The number of rotatable bonds is 5. The van der Waals surface area contributed by atoms with Crippen LogP contribution in [-0.4, -0.2) is 29.3 Å². The standard InChI is InChI=1S/C11H12O5/c1-16-8-3-4-9(11(14)15)7(6-8)2-5-10(12)13/h3-4,6H,2,5H2,1H3,(H,12,13)(H,14,15). The summed E-state index contributed by atoms with van der Waals surface area (Å²) < 4.78 is 4.96. The average molecular weight is 224 g/mol. The van der Waals surface area contributed by atoms with E-state index in [2.05, 4.69) is 0 Å². The van der Waals surface area contributed by atoms with Crippen LogP contribution in [0.5, 0.6) is 5.75 Å². The Kier molecular flexibility index (Phi) is 3.88. The molecule has 5 heteroatoms. The van der Waals surface area contributed by atoms with Gasteiger partial charge in [-0.1, -0.05) is 0 Å². The SMILES string of the molecule is COc1ccc(C(=O)O)c(CCC(=O)O)c1. The Labute approximate surface area is 92.3 Å². The van der Waals surface area contributed by atoms with Crippen LogP contribution in [0, 0.1) is 0 Å². The van der Waals surface area contributed by atoms with Gasteiger partial charge >= 0.3 is 11.9 Å². The van der Waals surface area contributed by atoms with Crippen LogP contribution in [0.3, 0.4) is 0 Å². The molecule has 0 spiro atoms. The van der Waals surface area contributed by atoms with Crippen molar-refractivity contribution in [2.24, 2.45) is 0 Å². The van der Waals surface area contributed by atoms with E-state index in [-0.39, 0.29) is 18.4 Å². The molecule has 16 heavy (non-hydrogen) atoms. The highest BCUT2D eigenvalue weighted by Crippen LogP contribution is 2.19. The molecule has 5 nitrogen and oxygen atoms in total. The van der Waals surface area contributed by atoms with Crippen molar-refractivity contribution in [3.63, 3.8) is 0 Å². The lowest BCUT2D eigenvalue weighted by Gasteiger charge is -2.07. The number of methoxy groups -OCH3 is 1. The number of hydrogen-bond acceptors (Lipinski definition) is 3. The highest BCUT2D eigenvalue weighted by Gasteiger charge is 2.12. The molecule has 0 bridgehead atoms. The van der Waals surface area contributed by atoms with Crippen molar-refractivity contribution >= 4 is 11.9 Å². The van der Waals surface area contributed by atoms with E-state index in [1.807, 2.05) is 0 Å². The average Bonchev–Trinajstić information content (AvgIpc) is 2.25. The largest absolute Gasteiger partial charge is 0.497 e. The summed E-state index contributed by atoms with van der Waals surface area (Å²) in [5.74, 6) is -1.51. The zero-order chi connectivity index (χ0) is 12.1. The number of benzene rings is 1. The van der Waals surface area contributed by atoms with E-state index >= 15 is 0 Å². The zero-order valence-electron chi connectivity index (χ0n) is 8.77. The van der Waals surface area contributed by atoms with Gasteiger partial charge in [0.05, 0.1) is 12.7 Å². The highest BCUT2D eigenvalue weighted by atomic mass is 16.5. The van der Waals surface area contributed by atoms with Gasteiger partial charge in [-0.2, -0.15) is 0 Å². The van der Waals surface area contributed by atoms with Gasteiger partial charge in [-0.3, -0.25) is 4.79 Å². The maximum Gasteiger partial charge on any atom is 0.335 e. The van der Waals surface area contributed by atoms with Crippen LogP contribution >= 0.6 is 0 Å². The first-order valence-electron chi connectivity index (χ1n) is 4.66. The first-order valence-corrected chi connectivity index (χ1v) is 4.66. The van der Waals surface area contributed by atoms with E-state index in [0.717, 1.165) is 0 Å². The topological polar surface area (TPSA) is 83.8 Å². The van der Waals surface area contributed by atoms with Crippen molar-refractivity contribution in [3.05, 3.63) is 29.3 Å². The summed E-state index contributed by atoms with van der Waals surface area (Å²) in [4.78, 5) is 21.3. The lowest BCUT2D eigenvalue weighted by Crippen LogP contribution is -2.05. The van der Waals surface area contributed by atoms with Crippen molar-refractivity contribution in [1.29, 1.82) is 0 Å². The van der Waals surface area contributed by atoms with Gasteiger partial charge in [0.1, 0.15) is 5.75 Å². The van der Waals surface area contributed by atoms with Crippen LogP contribution in [-0.2, 0) is 11.2 Å². The molecule has 1 aromatic carbocycles. The summed E-state index contributed by atoms with van der Waals surface area (Å²) >= 11 is 0. The molecule has 1 rings (SSSR count). The summed E-state index contributed by atoms with van der Waals surface area (Å²) in [6.07, 6.45) is 0.0710. The van der Waals surface area contributed by atoms with Gasteiger partial charge in [0.2, 0.25) is 0 Å². The van der Waals surface area contributed by atoms with Crippen LogP contribution < -0.4 is 4.74 Å². The molecule has 0 saturated carbocycles. The van der Waals surface area contributed by atoms with E-state index in [4.69, 9.17) is 14.9 Å². The minimum atomic E-state index is -1.07. The minimum absolute atomic E-state index is 0.104. The number of hydrogen-bond donors (Lipinski definition) is 2. The van der Waals surface area contributed by atoms with Gasteiger partial charge in [-0.15, -0.1) is 0 Å². The van der Waals surface area contributed by atoms with Crippen molar-refractivity contribution in [1.82, 2.24) is 0 Å². The van der Waals surface area contributed by atoms with Crippen LogP contribution in [0.4, 0.5) is 0 Å². The number of carbonyl (C=O) groups is 2. The third-order valence-electron chi connectivity index (χ3n) is 2.15. The Morgan fingerprint density at radius 1 is 1.31 bits per heavy atom. The minimum Gasteiger partial charge on any atom is -0.497 e. The van der Waals surface area contributed by atoms with Crippen molar-refractivity contribution in [3.8, 4) is 5.75 Å². The summed E-state index contributed by atoms with van der Waals surface area (Å²) in [5, 5.41) is 17.5. The van der Waals surface area contributed by atoms with Gasteiger partial charge in [-0.25, -0.2) is 4.79 Å². The monoisotopic (exact) mass is 224 g/mol. The van der Waals surface area contributed by atoms with Crippen LogP contribution in [0.1, 0.15) is 22.3 Å². The zero-order valence-corrected chi connectivity index (χ0v) is 8.77. The molecule has 0 aliphatic rings. The molecule has 0 unspecified atom stereocenters. The molecule has 0 aromatic heterocycles. The predicted octanol–water partition coefficient (Wildman–Crippen LogP) is 1.41. The predicted molar refractivity (Wildman–Crippen MR) is 55.9 cm³/mol. The molecular formula is C11H12O5. The van der Waals surface area contributed by atoms with Gasteiger partial charge in [0.15, 0.2) is 0 Å². The second-order valence-corrected chi connectivity index (χ2v) is 3.22. The smallest absolute Gasteiger partial charge is 0.335 e. The fourth-order valence-corrected chi connectivity index (χ4v) is 1.35. The molecule has 0 aliphatic carbocycles. The summed E-state index contributed by atoms with van der Waals surface area (Å²) in [6.45, 7) is 0. The van der Waals surface area contributed by atoms with Crippen molar-refractivity contribution < 1.29 is 24.5 Å². The molecule has 0 radical (unpaired) electrons. The van der Waals surface area contributed by atoms with E-state index in [9.17, 15) is 9.59 Å². The first-order chi connectivity index (χ1) is 7.54. The molecule has 0 amide bonds. The summed E-state index contributed by atoms with van der Waals surface area (Å²) in [7, 11) is 1.47. The Hall–Kier alpha value is -2.04. The molecule has 0 saturated heterocycles. The number of ether oxygens (including phenoxy) is 1. The van der Waals surface area contributed by atoms with Crippen LogP contribution in [0.25, 0.3) is 0 Å². The quantitative estimate of drug-likeness (QED) is 0.790. The van der Waals surface area contributed by atoms with E-state index in [0.29, 0.717) is 11.3 Å². The van der Waals surface area contributed by atoms with E-state index in [1.54, 1.807) is 6.07 Å². The fourth-order valence-electron chi connectivity index (χ4n) is 1.35. The number of carboxylic acid groups (broad SMARTS) is 2. The van der Waals surface area contributed by atoms with Crippen LogP contribution in [0.2, 0.25) is 0 Å². The Morgan fingerprint density at radius 2 is 2.00 bits per heavy atom. The second kappa shape index (κ2) is 5.16. The van der Waals surface area contributed by atoms with Crippen molar-refractivity contribution in [2.75, 3.05) is 7.11 Å². The maximum absolute atomic E-state index is 10.9. The summed E-state index contributed by atoms with van der Waals surface area (Å²) in [6, 6.07) is 4.50. The Morgan fingerprint density at radius 3 is 2.50 bits per heavy atom. The third kappa shape index (κ3) is 2.98. The normalized spacial score (nSPS) is 9.81. The summed E-state index contributed by atoms with van der Waals surface area (Å²) in [5.41, 5.74) is 0.580. The number of carboxylic acids is 2. The molecular weight excluding hydrogens is 212 g/mol. The number of aromatic carboxylic acids is 1. The molecule has 2 N–H and O–H groups in total. The molecule has 0 atom stereocenters.